The number of carbonyl (C=O) groups excluding carboxylic acids is 1. The van der Waals surface area contributed by atoms with E-state index in [1.807, 2.05) is 95.9 Å². The lowest BCUT2D eigenvalue weighted by Gasteiger charge is -2.29. The second-order valence-electron chi connectivity index (χ2n) is 8.63. The van der Waals surface area contributed by atoms with Crippen LogP contribution < -0.4 is 10.2 Å². The maximum Gasteiger partial charge on any atom is 0.246 e. The third-order valence-electron chi connectivity index (χ3n) is 6.52. The molecule has 0 fully saturated rings. The van der Waals surface area contributed by atoms with Gasteiger partial charge in [-0.25, -0.2) is 0 Å². The number of fused-ring (bicyclic) bond motifs is 1. The molecule has 0 unspecified atom stereocenters. The van der Waals surface area contributed by atoms with Crippen molar-refractivity contribution in [3.63, 3.8) is 0 Å². The van der Waals surface area contributed by atoms with Gasteiger partial charge in [-0.15, -0.1) is 0 Å². The first-order valence-corrected chi connectivity index (χ1v) is 11.8. The second kappa shape index (κ2) is 9.90. The summed E-state index contributed by atoms with van der Waals surface area (Å²) in [5.74, 6) is 0.00446. The van der Waals surface area contributed by atoms with Crippen LogP contribution in [0.5, 0.6) is 0 Å². The molecule has 1 aliphatic heterocycles. The lowest BCUT2D eigenvalue weighted by molar-refractivity contribution is -0.120. The van der Waals surface area contributed by atoms with E-state index in [1.54, 1.807) is 13.4 Å². The highest BCUT2D eigenvalue weighted by Crippen LogP contribution is 2.49. The summed E-state index contributed by atoms with van der Waals surface area (Å²) in [4.78, 5) is 16.3. The third-order valence-corrected chi connectivity index (χ3v) is 6.52. The predicted octanol–water partition coefficient (Wildman–Crippen LogP) is 6.29. The van der Waals surface area contributed by atoms with E-state index >= 15 is 0 Å². The number of nitrogens with zero attached hydrogens (tertiary/aromatic N) is 1. The molecular weight excluding hydrogens is 432 g/mol. The first-order chi connectivity index (χ1) is 17.2. The molecular formula is C31H28N2O2. The molecule has 4 aromatic rings. The number of nitrogens with one attached hydrogen (secondary N) is 1. The summed E-state index contributed by atoms with van der Waals surface area (Å²) in [7, 11) is 1.61. The number of benzene rings is 4. The van der Waals surface area contributed by atoms with Crippen LogP contribution in [-0.4, -0.2) is 13.0 Å². The minimum atomic E-state index is -1.01. The van der Waals surface area contributed by atoms with E-state index in [2.05, 4.69) is 29.6 Å². The highest BCUT2D eigenvalue weighted by molar-refractivity contribution is 6.12. The van der Waals surface area contributed by atoms with Crippen molar-refractivity contribution < 1.29 is 9.53 Å². The van der Waals surface area contributed by atoms with Gasteiger partial charge < -0.3 is 15.0 Å². The normalized spacial score (nSPS) is 16.9. The summed E-state index contributed by atoms with van der Waals surface area (Å²) in [5.41, 5.74) is 4.93. The van der Waals surface area contributed by atoms with Gasteiger partial charge >= 0.3 is 0 Å². The molecule has 35 heavy (non-hydrogen) atoms. The third kappa shape index (κ3) is 4.19. The largest absolute Gasteiger partial charge is 0.505 e. The number of methoxy groups -OCH3 is 1. The molecule has 1 amide bonds. The Balaban J connectivity index is 1.62. The van der Waals surface area contributed by atoms with Gasteiger partial charge in [0.25, 0.3) is 0 Å². The summed E-state index contributed by atoms with van der Waals surface area (Å²) in [6, 6.07) is 36.5. The maximum absolute atomic E-state index is 14.4. The van der Waals surface area contributed by atoms with Crippen molar-refractivity contribution in [1.82, 2.24) is 0 Å². The zero-order valence-electron chi connectivity index (χ0n) is 19.7. The molecule has 0 saturated carbocycles. The highest BCUT2D eigenvalue weighted by Gasteiger charge is 2.51. The van der Waals surface area contributed by atoms with E-state index in [-0.39, 0.29) is 5.91 Å². The summed E-state index contributed by atoms with van der Waals surface area (Å²) in [5, 5.41) is 3.58. The van der Waals surface area contributed by atoms with E-state index < -0.39 is 5.41 Å². The minimum Gasteiger partial charge on any atom is -0.505 e. The van der Waals surface area contributed by atoms with Crippen LogP contribution in [0, 0.1) is 0 Å². The summed E-state index contributed by atoms with van der Waals surface area (Å²) >= 11 is 0. The van der Waals surface area contributed by atoms with E-state index in [0.29, 0.717) is 13.1 Å². The number of ether oxygens (including phenoxy) is 1. The van der Waals surface area contributed by atoms with Gasteiger partial charge in [0.05, 0.1) is 19.9 Å². The van der Waals surface area contributed by atoms with Crippen molar-refractivity contribution in [2.24, 2.45) is 0 Å². The van der Waals surface area contributed by atoms with Crippen LogP contribution >= 0.6 is 0 Å². The predicted molar refractivity (Wildman–Crippen MR) is 141 cm³/mol. The summed E-state index contributed by atoms with van der Waals surface area (Å²) < 4.78 is 5.36. The van der Waals surface area contributed by atoms with Gasteiger partial charge in [-0.2, -0.15) is 0 Å². The smallest absolute Gasteiger partial charge is 0.246 e. The molecule has 0 spiro atoms. The zero-order valence-corrected chi connectivity index (χ0v) is 19.7. The first-order valence-electron chi connectivity index (χ1n) is 11.8. The van der Waals surface area contributed by atoms with Crippen molar-refractivity contribution in [1.29, 1.82) is 0 Å². The van der Waals surface area contributed by atoms with E-state index in [9.17, 15) is 4.79 Å². The Bertz CT molecular complexity index is 1330. The van der Waals surface area contributed by atoms with Crippen LogP contribution in [0.15, 0.2) is 122 Å². The van der Waals surface area contributed by atoms with Crippen LogP contribution in [0.2, 0.25) is 0 Å². The molecule has 5 rings (SSSR count). The molecule has 4 aromatic carbocycles. The minimum absolute atomic E-state index is 0.00446. The van der Waals surface area contributed by atoms with E-state index in [0.717, 1.165) is 28.1 Å². The molecule has 174 valence electrons. The molecule has 0 radical (unpaired) electrons. The van der Waals surface area contributed by atoms with Crippen molar-refractivity contribution in [3.05, 3.63) is 144 Å². The van der Waals surface area contributed by atoms with Crippen LogP contribution in [0.3, 0.4) is 0 Å². The monoisotopic (exact) mass is 460 g/mol. The Morgan fingerprint density at radius 2 is 1.37 bits per heavy atom. The molecule has 4 nitrogen and oxygen atoms in total. The van der Waals surface area contributed by atoms with Crippen molar-refractivity contribution in [2.75, 3.05) is 17.3 Å². The quantitative estimate of drug-likeness (QED) is 0.314. The fourth-order valence-electron chi connectivity index (χ4n) is 4.86. The van der Waals surface area contributed by atoms with Gasteiger partial charge in [-0.3, -0.25) is 4.79 Å². The number of hydrogen-bond acceptors (Lipinski definition) is 3. The average Bonchev–Trinajstić information content (AvgIpc) is 3.15. The first kappa shape index (κ1) is 22.5. The van der Waals surface area contributed by atoms with Crippen molar-refractivity contribution in [2.45, 2.75) is 18.5 Å². The molecule has 1 N–H and O–H groups in total. The Morgan fingerprint density at radius 3 is 2.09 bits per heavy atom. The lowest BCUT2D eigenvalue weighted by atomic mass is 9.74. The van der Waals surface area contributed by atoms with Crippen molar-refractivity contribution in [3.8, 4) is 0 Å². The second-order valence-corrected chi connectivity index (χ2v) is 8.63. The molecule has 1 atom stereocenters. The fourth-order valence-corrected chi connectivity index (χ4v) is 4.86. The van der Waals surface area contributed by atoms with Crippen LogP contribution in [0.1, 0.15) is 22.3 Å². The highest BCUT2D eigenvalue weighted by atomic mass is 16.5. The Kier molecular flexibility index (Phi) is 6.36. The molecule has 4 heteroatoms. The fraction of sp³-hybridized carbons (Fsp3) is 0.129. The van der Waals surface area contributed by atoms with Crippen LogP contribution in [-0.2, 0) is 28.0 Å². The van der Waals surface area contributed by atoms with Gasteiger partial charge in [-0.05, 0) is 40.5 Å². The van der Waals surface area contributed by atoms with Crippen molar-refractivity contribution >= 4 is 17.3 Å². The van der Waals surface area contributed by atoms with Gasteiger partial charge in [0.1, 0.15) is 5.41 Å². The number of hydrogen-bond donors (Lipinski definition) is 1. The molecule has 0 bridgehead atoms. The average molecular weight is 461 g/mol. The molecule has 0 aromatic heterocycles. The number of anilines is 2. The van der Waals surface area contributed by atoms with E-state index in [4.69, 9.17) is 4.74 Å². The SMILES string of the molecule is CO/C=C/[C@@]1(c2ccccc2NCc2ccccc2)C(=O)N(Cc2ccccc2)c2ccccc21. The lowest BCUT2D eigenvalue weighted by Crippen LogP contribution is -2.40. The van der Waals surface area contributed by atoms with Gasteiger partial charge in [0, 0.05) is 17.9 Å². The zero-order chi connectivity index (χ0) is 24.1. The van der Waals surface area contributed by atoms with Gasteiger partial charge in [-0.1, -0.05) is 97.1 Å². The van der Waals surface area contributed by atoms with Crippen LogP contribution in [0.4, 0.5) is 11.4 Å². The summed E-state index contributed by atoms with van der Waals surface area (Å²) in [6.07, 6.45) is 3.51. The number of rotatable bonds is 8. The van der Waals surface area contributed by atoms with Gasteiger partial charge in [0.15, 0.2) is 0 Å². The van der Waals surface area contributed by atoms with E-state index in [1.165, 1.54) is 5.56 Å². The molecule has 1 aliphatic rings. The molecule has 0 saturated heterocycles. The van der Waals surface area contributed by atoms with Gasteiger partial charge in [0.2, 0.25) is 5.91 Å². The number of carbonyl (C=O) groups is 1. The molecule has 1 heterocycles. The topological polar surface area (TPSA) is 41.6 Å². The van der Waals surface area contributed by atoms with Crippen LogP contribution in [0.25, 0.3) is 0 Å². The maximum atomic E-state index is 14.4. The molecule has 0 aliphatic carbocycles. The number of para-hydroxylation sites is 2. The Hall–Kier alpha value is -4.31. The Labute approximate surface area is 206 Å². The summed E-state index contributed by atoms with van der Waals surface area (Å²) in [6.45, 7) is 1.16. The standard InChI is InChI=1S/C31H28N2O2/c1-35-21-20-31(26-16-8-10-18-28(26)32-22-24-12-4-2-5-13-24)27-17-9-11-19-29(27)33(30(31)34)23-25-14-6-3-7-15-25/h2-21,32H,22-23H2,1H3/b21-20+/t31-/m0/s1. The number of amides is 1. The Morgan fingerprint density at radius 1 is 0.771 bits per heavy atom.